The van der Waals surface area contributed by atoms with E-state index in [9.17, 15) is 4.39 Å². The van der Waals surface area contributed by atoms with Gasteiger partial charge in [0.1, 0.15) is 16.5 Å². The van der Waals surface area contributed by atoms with Crippen LogP contribution in [0.5, 0.6) is 0 Å². The number of thiophene rings is 1. The minimum Gasteiger partial charge on any atom is -0.254 e. The number of halogens is 2. The average molecular weight is 453 g/mol. The average Bonchev–Trinajstić information content (AvgIpc) is 3.21. The van der Waals surface area contributed by atoms with Crippen molar-refractivity contribution >= 4 is 34.6 Å². The third-order valence-corrected chi connectivity index (χ3v) is 6.71. The Labute approximate surface area is 187 Å². The van der Waals surface area contributed by atoms with E-state index < -0.39 is 5.95 Å². The summed E-state index contributed by atoms with van der Waals surface area (Å²) in [7, 11) is 0. The molecule has 0 radical (unpaired) electrons. The number of aryl methyl sites for hydroxylation is 2. The molecule has 156 valence electrons. The number of nitrogens with zero attached hydrogens (tertiary/aromatic N) is 6. The molecule has 5 rings (SSSR count). The molecule has 0 bridgehead atoms. The van der Waals surface area contributed by atoms with Gasteiger partial charge in [0, 0.05) is 21.0 Å². The monoisotopic (exact) mass is 452 g/mol. The molecule has 4 heterocycles. The van der Waals surface area contributed by atoms with Crippen molar-refractivity contribution in [3.63, 3.8) is 0 Å². The molecule has 0 unspecified atom stereocenters. The van der Waals surface area contributed by atoms with Crippen LogP contribution in [0.15, 0.2) is 47.6 Å². The molecule has 0 spiro atoms. The van der Waals surface area contributed by atoms with Crippen molar-refractivity contribution in [3.8, 4) is 5.00 Å². The smallest absolute Gasteiger partial charge is 0.253 e. The molecule has 0 saturated heterocycles. The minimum absolute atomic E-state index is 0.250. The van der Waals surface area contributed by atoms with Gasteiger partial charge in [-0.1, -0.05) is 29.8 Å². The van der Waals surface area contributed by atoms with Crippen LogP contribution < -0.4 is 5.01 Å². The van der Waals surface area contributed by atoms with Crippen LogP contribution in [0.2, 0.25) is 5.02 Å². The molecule has 0 N–H and O–H groups in total. The molecule has 4 aromatic rings. The Morgan fingerprint density at radius 1 is 1.03 bits per heavy atom. The van der Waals surface area contributed by atoms with Crippen molar-refractivity contribution in [1.29, 1.82) is 0 Å². The predicted molar refractivity (Wildman–Crippen MR) is 121 cm³/mol. The maximum Gasteiger partial charge on any atom is 0.253 e. The number of anilines is 1. The lowest BCUT2D eigenvalue weighted by Gasteiger charge is -2.17. The molecule has 31 heavy (non-hydrogen) atoms. The first-order valence-corrected chi connectivity index (χ1v) is 10.9. The SMILES string of the molecule is Cc1sc2c(c1C)C(c1ccc(Cl)cc1)=NN(Cc1cccc(F)n1)c1nnc(C)n1-2. The van der Waals surface area contributed by atoms with Crippen molar-refractivity contribution in [2.24, 2.45) is 5.10 Å². The van der Waals surface area contributed by atoms with E-state index in [0.717, 1.165) is 33.2 Å². The molecular formula is C22H18ClFN6S. The van der Waals surface area contributed by atoms with Gasteiger partial charge in [0.05, 0.1) is 12.2 Å². The lowest BCUT2D eigenvalue weighted by Crippen LogP contribution is -2.21. The number of pyridine rings is 1. The number of hydrogen-bond donors (Lipinski definition) is 0. The van der Waals surface area contributed by atoms with Crippen molar-refractivity contribution in [3.05, 3.63) is 86.5 Å². The van der Waals surface area contributed by atoms with Gasteiger partial charge in [-0.2, -0.15) is 9.49 Å². The number of hydrogen-bond acceptors (Lipinski definition) is 6. The Balaban J connectivity index is 1.75. The highest BCUT2D eigenvalue weighted by Gasteiger charge is 2.30. The van der Waals surface area contributed by atoms with Crippen molar-refractivity contribution in [1.82, 2.24) is 19.7 Å². The first-order valence-electron chi connectivity index (χ1n) is 9.68. The zero-order valence-electron chi connectivity index (χ0n) is 17.1. The summed E-state index contributed by atoms with van der Waals surface area (Å²) in [5, 5.41) is 17.1. The van der Waals surface area contributed by atoms with Crippen LogP contribution in [-0.4, -0.2) is 25.5 Å². The summed E-state index contributed by atoms with van der Waals surface area (Å²) < 4.78 is 15.7. The molecule has 3 aromatic heterocycles. The third-order valence-electron chi connectivity index (χ3n) is 5.27. The van der Waals surface area contributed by atoms with Gasteiger partial charge in [-0.15, -0.1) is 21.5 Å². The van der Waals surface area contributed by atoms with Crippen LogP contribution >= 0.6 is 22.9 Å². The maximum atomic E-state index is 13.7. The molecule has 6 nitrogen and oxygen atoms in total. The van der Waals surface area contributed by atoms with E-state index in [2.05, 4.69) is 29.0 Å². The van der Waals surface area contributed by atoms with E-state index in [0.29, 0.717) is 16.7 Å². The quantitative estimate of drug-likeness (QED) is 0.400. The van der Waals surface area contributed by atoms with E-state index in [1.54, 1.807) is 28.5 Å². The number of rotatable bonds is 3. The molecule has 9 heteroatoms. The molecule has 1 aliphatic heterocycles. The Hall–Kier alpha value is -3.10. The van der Waals surface area contributed by atoms with E-state index in [4.69, 9.17) is 16.7 Å². The van der Waals surface area contributed by atoms with E-state index in [1.165, 1.54) is 10.9 Å². The summed E-state index contributed by atoms with van der Waals surface area (Å²) in [6.45, 7) is 6.36. The molecule has 0 atom stereocenters. The Morgan fingerprint density at radius 3 is 2.55 bits per heavy atom. The highest BCUT2D eigenvalue weighted by atomic mass is 35.5. The zero-order valence-corrected chi connectivity index (χ0v) is 18.7. The summed E-state index contributed by atoms with van der Waals surface area (Å²) >= 11 is 7.81. The molecular weight excluding hydrogens is 435 g/mol. The summed E-state index contributed by atoms with van der Waals surface area (Å²) in [5.74, 6) is 0.787. The van der Waals surface area contributed by atoms with Crippen LogP contribution in [0.25, 0.3) is 5.00 Å². The van der Waals surface area contributed by atoms with E-state index in [1.807, 2.05) is 35.8 Å². The highest BCUT2D eigenvalue weighted by Crippen LogP contribution is 2.38. The van der Waals surface area contributed by atoms with Crippen LogP contribution in [0.3, 0.4) is 0 Å². The van der Waals surface area contributed by atoms with Gasteiger partial charge in [-0.25, -0.2) is 9.99 Å². The van der Waals surface area contributed by atoms with E-state index in [-0.39, 0.29) is 6.54 Å². The lowest BCUT2D eigenvalue weighted by atomic mass is 10.00. The Morgan fingerprint density at radius 2 is 1.81 bits per heavy atom. The largest absolute Gasteiger partial charge is 0.254 e. The van der Waals surface area contributed by atoms with Gasteiger partial charge in [0.25, 0.3) is 5.95 Å². The molecule has 0 fully saturated rings. The summed E-state index contributed by atoms with van der Waals surface area (Å²) in [6, 6.07) is 12.3. The second-order valence-electron chi connectivity index (χ2n) is 7.31. The Kier molecular flexibility index (Phi) is 4.83. The second-order valence-corrected chi connectivity index (χ2v) is 8.95. The fraction of sp³-hybridized carbons (Fsp3) is 0.182. The standard InChI is InChI=1S/C22H18ClFN6S/c1-12-13(2)31-21-19(12)20(15-7-9-16(23)10-8-15)28-29(22-27-26-14(3)30(21)22)11-17-5-4-6-18(24)25-17/h4-10H,11H2,1-3H3. The second kappa shape index (κ2) is 7.55. The van der Waals surface area contributed by atoms with Gasteiger partial charge >= 0.3 is 0 Å². The molecule has 0 amide bonds. The van der Waals surface area contributed by atoms with Crippen LogP contribution in [0, 0.1) is 26.7 Å². The van der Waals surface area contributed by atoms with Gasteiger partial charge in [-0.05, 0) is 50.6 Å². The van der Waals surface area contributed by atoms with Crippen molar-refractivity contribution < 1.29 is 4.39 Å². The van der Waals surface area contributed by atoms with Gasteiger partial charge in [0.15, 0.2) is 0 Å². The Bertz CT molecular complexity index is 1320. The van der Waals surface area contributed by atoms with Crippen LogP contribution in [0.1, 0.15) is 33.1 Å². The first-order chi connectivity index (χ1) is 14.9. The topological polar surface area (TPSA) is 59.2 Å². The highest BCUT2D eigenvalue weighted by molar-refractivity contribution is 7.15. The van der Waals surface area contributed by atoms with Gasteiger partial charge in [-0.3, -0.25) is 4.57 Å². The summed E-state index contributed by atoms with van der Waals surface area (Å²) in [5.41, 5.74) is 4.46. The third kappa shape index (κ3) is 3.41. The van der Waals surface area contributed by atoms with Gasteiger partial charge < -0.3 is 0 Å². The van der Waals surface area contributed by atoms with Crippen LogP contribution in [0.4, 0.5) is 10.3 Å². The molecule has 0 aliphatic carbocycles. The zero-order chi connectivity index (χ0) is 21.7. The van der Waals surface area contributed by atoms with Crippen LogP contribution in [-0.2, 0) is 6.54 Å². The molecule has 0 saturated carbocycles. The number of aromatic nitrogens is 4. The summed E-state index contributed by atoms with van der Waals surface area (Å²) in [4.78, 5) is 5.21. The number of fused-ring (bicyclic) bond motifs is 3. The van der Waals surface area contributed by atoms with E-state index >= 15 is 0 Å². The number of hydrazone groups is 1. The minimum atomic E-state index is -0.530. The normalized spacial score (nSPS) is 12.9. The fourth-order valence-corrected chi connectivity index (χ4v) is 4.95. The predicted octanol–water partition coefficient (Wildman–Crippen LogP) is 5.21. The maximum absolute atomic E-state index is 13.7. The van der Waals surface area contributed by atoms with Crippen molar-refractivity contribution in [2.45, 2.75) is 27.3 Å². The number of benzene rings is 1. The lowest BCUT2D eigenvalue weighted by molar-refractivity contribution is 0.574. The molecule has 1 aromatic carbocycles. The fourth-order valence-electron chi connectivity index (χ4n) is 3.62. The van der Waals surface area contributed by atoms with Gasteiger partial charge in [0.2, 0.25) is 5.95 Å². The van der Waals surface area contributed by atoms with Crippen molar-refractivity contribution in [2.75, 3.05) is 5.01 Å². The first kappa shape index (κ1) is 19.8. The summed E-state index contributed by atoms with van der Waals surface area (Å²) in [6.07, 6.45) is 0. The molecule has 1 aliphatic rings.